The molecule has 0 bridgehead atoms. The third kappa shape index (κ3) is 4.78. The van der Waals surface area contributed by atoms with Gasteiger partial charge in [0.15, 0.2) is 5.65 Å². The first kappa shape index (κ1) is 22.6. The zero-order valence-electron chi connectivity index (χ0n) is 18.1. The van der Waals surface area contributed by atoms with Crippen LogP contribution in [0.4, 0.5) is 19.0 Å². The maximum atomic E-state index is 13.1. The fraction of sp³-hybridized carbons (Fsp3) is 0.429. The normalized spacial score (nSPS) is 15.0. The van der Waals surface area contributed by atoms with E-state index in [2.05, 4.69) is 20.6 Å². The lowest BCUT2D eigenvalue weighted by Gasteiger charge is -2.32. The highest BCUT2D eigenvalue weighted by Gasteiger charge is 2.38. The Labute approximate surface area is 187 Å². The van der Waals surface area contributed by atoms with Crippen LogP contribution in [0.3, 0.4) is 0 Å². The average Bonchev–Trinajstić information content (AvgIpc) is 3.26. The number of carbonyl (C=O) groups is 1. The van der Waals surface area contributed by atoms with E-state index in [1.807, 2.05) is 11.0 Å². The van der Waals surface area contributed by atoms with E-state index in [0.717, 1.165) is 5.56 Å². The van der Waals surface area contributed by atoms with E-state index in [1.165, 1.54) is 6.07 Å². The van der Waals surface area contributed by atoms with Crippen LogP contribution < -0.4 is 19.7 Å². The number of nitrogens with zero attached hydrogens (tertiary/aromatic N) is 5. The summed E-state index contributed by atoms with van der Waals surface area (Å²) in [6.45, 7) is 1.30. The summed E-state index contributed by atoms with van der Waals surface area (Å²) in [6.07, 6.45) is -3.54. The van der Waals surface area contributed by atoms with E-state index in [-0.39, 0.29) is 17.5 Å². The Morgan fingerprint density at radius 3 is 2.55 bits per heavy atom. The molecule has 1 aromatic carbocycles. The number of amides is 1. The first-order chi connectivity index (χ1) is 15.8. The number of alkyl halides is 3. The standard InChI is InChI=1S/C21H23F3N6O3/c1-32-15-4-3-14(16(11-15)33-2)12-25-19(31)13-7-9-29(10-8-13)18-6-5-17-26-27-20(21(22,23)24)30(17)28-18/h3-6,11,13H,7-10,12H2,1-2H3,(H,25,31). The number of aromatic nitrogens is 4. The predicted octanol–water partition coefficient (Wildman–Crippen LogP) is 2.69. The molecule has 1 N–H and O–H groups in total. The Hall–Kier alpha value is -3.57. The summed E-state index contributed by atoms with van der Waals surface area (Å²) in [6, 6.07) is 8.45. The summed E-state index contributed by atoms with van der Waals surface area (Å²) in [5.41, 5.74) is 0.852. The molecule has 1 saturated heterocycles. The number of anilines is 1. The first-order valence-electron chi connectivity index (χ1n) is 10.3. The average molecular weight is 464 g/mol. The van der Waals surface area contributed by atoms with Gasteiger partial charge in [-0.25, -0.2) is 0 Å². The van der Waals surface area contributed by atoms with Crippen LogP contribution in [0.25, 0.3) is 5.65 Å². The monoisotopic (exact) mass is 464 g/mol. The van der Waals surface area contributed by atoms with Gasteiger partial charge in [0.05, 0.1) is 14.2 Å². The minimum Gasteiger partial charge on any atom is -0.497 e. The number of halogens is 3. The van der Waals surface area contributed by atoms with Crippen molar-refractivity contribution < 1.29 is 27.4 Å². The van der Waals surface area contributed by atoms with Crippen molar-refractivity contribution in [3.63, 3.8) is 0 Å². The molecule has 4 rings (SSSR count). The molecule has 33 heavy (non-hydrogen) atoms. The summed E-state index contributed by atoms with van der Waals surface area (Å²) in [7, 11) is 3.12. The Bertz CT molecular complexity index is 1140. The topological polar surface area (TPSA) is 93.9 Å². The van der Waals surface area contributed by atoms with Gasteiger partial charge in [0, 0.05) is 37.2 Å². The smallest absolute Gasteiger partial charge is 0.453 e. The molecule has 3 aromatic rings. The molecular formula is C21H23F3N6O3. The Morgan fingerprint density at radius 1 is 1.12 bits per heavy atom. The third-order valence-corrected chi connectivity index (χ3v) is 5.64. The van der Waals surface area contributed by atoms with Gasteiger partial charge >= 0.3 is 6.18 Å². The minimum absolute atomic E-state index is 0.0225. The van der Waals surface area contributed by atoms with Crippen LogP contribution in [-0.4, -0.2) is 53.0 Å². The molecule has 9 nitrogen and oxygen atoms in total. The van der Waals surface area contributed by atoms with Crippen molar-refractivity contribution in [2.75, 3.05) is 32.2 Å². The minimum atomic E-state index is -4.65. The molecule has 3 heterocycles. The van der Waals surface area contributed by atoms with Crippen molar-refractivity contribution >= 4 is 17.4 Å². The predicted molar refractivity (Wildman–Crippen MR) is 112 cm³/mol. The fourth-order valence-corrected chi connectivity index (χ4v) is 3.82. The highest BCUT2D eigenvalue weighted by molar-refractivity contribution is 5.79. The Balaban J connectivity index is 1.36. The summed E-state index contributed by atoms with van der Waals surface area (Å²) >= 11 is 0. The second kappa shape index (κ2) is 9.12. The van der Waals surface area contributed by atoms with Gasteiger partial charge in [-0.05, 0) is 37.1 Å². The van der Waals surface area contributed by atoms with Crippen LogP contribution in [-0.2, 0) is 17.5 Å². The molecule has 1 fully saturated rings. The number of hydrogen-bond donors (Lipinski definition) is 1. The van der Waals surface area contributed by atoms with Gasteiger partial charge in [0.25, 0.3) is 5.82 Å². The summed E-state index contributed by atoms with van der Waals surface area (Å²) in [4.78, 5) is 14.5. The van der Waals surface area contributed by atoms with Gasteiger partial charge < -0.3 is 19.7 Å². The number of ether oxygens (including phenoxy) is 2. The van der Waals surface area contributed by atoms with E-state index >= 15 is 0 Å². The van der Waals surface area contributed by atoms with Crippen LogP contribution in [0.15, 0.2) is 30.3 Å². The van der Waals surface area contributed by atoms with Crippen LogP contribution >= 0.6 is 0 Å². The lowest BCUT2D eigenvalue weighted by atomic mass is 9.96. The van der Waals surface area contributed by atoms with Gasteiger partial charge in [0.2, 0.25) is 5.91 Å². The van der Waals surface area contributed by atoms with E-state index in [4.69, 9.17) is 9.47 Å². The molecule has 0 unspecified atom stereocenters. The fourth-order valence-electron chi connectivity index (χ4n) is 3.82. The van der Waals surface area contributed by atoms with Crippen LogP contribution in [0, 0.1) is 5.92 Å². The molecule has 0 radical (unpaired) electrons. The van der Waals surface area contributed by atoms with E-state index in [1.54, 1.807) is 32.4 Å². The molecule has 12 heteroatoms. The van der Waals surface area contributed by atoms with Crippen molar-refractivity contribution in [3.8, 4) is 11.5 Å². The lowest BCUT2D eigenvalue weighted by molar-refractivity contribution is -0.146. The maximum absolute atomic E-state index is 13.1. The van der Waals surface area contributed by atoms with Crippen molar-refractivity contribution in [2.45, 2.75) is 25.6 Å². The van der Waals surface area contributed by atoms with Gasteiger partial charge in [-0.3, -0.25) is 4.79 Å². The zero-order chi connectivity index (χ0) is 23.6. The van der Waals surface area contributed by atoms with Crippen LogP contribution in [0.5, 0.6) is 11.5 Å². The summed E-state index contributed by atoms with van der Waals surface area (Å²) in [5.74, 6) is 0.231. The molecule has 1 amide bonds. The number of rotatable bonds is 6. The van der Waals surface area contributed by atoms with Gasteiger partial charge in [-0.2, -0.15) is 17.7 Å². The van der Waals surface area contributed by atoms with Crippen molar-refractivity contribution in [2.24, 2.45) is 5.92 Å². The second-order valence-corrected chi connectivity index (χ2v) is 7.64. The zero-order valence-corrected chi connectivity index (χ0v) is 18.1. The number of nitrogens with one attached hydrogen (secondary N) is 1. The molecule has 0 aliphatic carbocycles. The molecular weight excluding hydrogens is 441 g/mol. The van der Waals surface area contributed by atoms with Crippen molar-refractivity contribution in [3.05, 3.63) is 41.7 Å². The van der Waals surface area contributed by atoms with Crippen LogP contribution in [0.1, 0.15) is 24.2 Å². The number of piperidine rings is 1. The first-order valence-corrected chi connectivity index (χ1v) is 10.3. The summed E-state index contributed by atoms with van der Waals surface area (Å²) < 4.78 is 50.6. The molecule has 1 aliphatic heterocycles. The van der Waals surface area contributed by atoms with Crippen LogP contribution in [0.2, 0.25) is 0 Å². The summed E-state index contributed by atoms with van der Waals surface area (Å²) in [5, 5.41) is 13.7. The van der Waals surface area contributed by atoms with Gasteiger partial charge in [-0.1, -0.05) is 0 Å². The number of hydrogen-bond acceptors (Lipinski definition) is 7. The number of fused-ring (bicyclic) bond motifs is 1. The SMILES string of the molecule is COc1ccc(CNC(=O)C2CCN(c3ccc4nnc(C(F)(F)F)n4n3)CC2)c(OC)c1. The quantitative estimate of drug-likeness (QED) is 0.600. The molecule has 2 aromatic heterocycles. The Kier molecular flexibility index (Phi) is 6.25. The Morgan fingerprint density at radius 2 is 1.88 bits per heavy atom. The molecule has 176 valence electrons. The maximum Gasteiger partial charge on any atom is 0.453 e. The van der Waals surface area contributed by atoms with E-state index in [0.29, 0.717) is 54.3 Å². The number of carbonyl (C=O) groups excluding carboxylic acids is 1. The second-order valence-electron chi connectivity index (χ2n) is 7.64. The molecule has 1 aliphatic rings. The molecule has 0 spiro atoms. The van der Waals surface area contributed by atoms with Gasteiger partial charge in [0.1, 0.15) is 17.3 Å². The highest BCUT2D eigenvalue weighted by Crippen LogP contribution is 2.29. The molecule has 0 atom stereocenters. The van der Waals surface area contributed by atoms with Gasteiger partial charge in [-0.15, -0.1) is 15.3 Å². The van der Waals surface area contributed by atoms with E-state index in [9.17, 15) is 18.0 Å². The molecule has 0 saturated carbocycles. The largest absolute Gasteiger partial charge is 0.497 e. The third-order valence-electron chi connectivity index (χ3n) is 5.64. The van der Waals surface area contributed by atoms with Crippen molar-refractivity contribution in [1.82, 2.24) is 25.1 Å². The van der Waals surface area contributed by atoms with Crippen molar-refractivity contribution in [1.29, 1.82) is 0 Å². The number of benzene rings is 1. The number of methoxy groups -OCH3 is 2. The highest BCUT2D eigenvalue weighted by atomic mass is 19.4. The lowest BCUT2D eigenvalue weighted by Crippen LogP contribution is -2.40. The van der Waals surface area contributed by atoms with E-state index < -0.39 is 12.0 Å².